The SMILES string of the molecule is CCOC(=O)c1c(NC(=O)C2CCCC2)sc2c1CC(C)(C)NC2(C)C. The fraction of sp³-hybridized carbons (Fsp3) is 0.700. The van der Waals surface area contributed by atoms with Crippen LogP contribution in [0.25, 0.3) is 0 Å². The molecule has 0 unspecified atom stereocenters. The van der Waals surface area contributed by atoms with Crippen LogP contribution in [-0.4, -0.2) is 24.0 Å². The maximum absolute atomic E-state index is 12.7. The highest BCUT2D eigenvalue weighted by Crippen LogP contribution is 2.45. The van der Waals surface area contributed by atoms with Gasteiger partial charge in [-0.15, -0.1) is 11.3 Å². The summed E-state index contributed by atoms with van der Waals surface area (Å²) in [5.41, 5.74) is 1.18. The first-order valence-electron chi connectivity index (χ1n) is 9.58. The van der Waals surface area contributed by atoms with Gasteiger partial charge in [0.15, 0.2) is 0 Å². The second-order valence-electron chi connectivity index (χ2n) is 8.62. The van der Waals surface area contributed by atoms with Crippen molar-refractivity contribution in [1.29, 1.82) is 0 Å². The molecular weight excluding hydrogens is 348 g/mol. The molecule has 0 radical (unpaired) electrons. The second-order valence-corrected chi connectivity index (χ2v) is 9.64. The van der Waals surface area contributed by atoms with Crippen LogP contribution >= 0.6 is 11.3 Å². The zero-order valence-corrected chi connectivity index (χ0v) is 17.3. The molecule has 1 fully saturated rings. The summed E-state index contributed by atoms with van der Waals surface area (Å²) >= 11 is 1.52. The third-order valence-electron chi connectivity index (χ3n) is 5.29. The second kappa shape index (κ2) is 6.97. The number of anilines is 1. The number of hydrogen-bond acceptors (Lipinski definition) is 5. The third-order valence-corrected chi connectivity index (χ3v) is 6.76. The summed E-state index contributed by atoms with van der Waals surface area (Å²) in [4.78, 5) is 26.5. The average molecular weight is 379 g/mol. The predicted molar refractivity (Wildman–Crippen MR) is 105 cm³/mol. The van der Waals surface area contributed by atoms with Crippen LogP contribution in [-0.2, 0) is 21.5 Å². The normalized spacial score (nSPS) is 21.3. The summed E-state index contributed by atoms with van der Waals surface area (Å²) in [5, 5.41) is 7.37. The molecule has 1 aromatic heterocycles. The molecule has 1 saturated carbocycles. The minimum Gasteiger partial charge on any atom is -0.462 e. The smallest absolute Gasteiger partial charge is 0.341 e. The molecule has 1 aliphatic heterocycles. The Bertz CT molecular complexity index is 715. The lowest BCUT2D eigenvalue weighted by Gasteiger charge is -2.42. The number of rotatable bonds is 4. The number of carbonyl (C=O) groups excluding carboxylic acids is 2. The van der Waals surface area contributed by atoms with E-state index in [0.717, 1.165) is 42.5 Å². The monoisotopic (exact) mass is 378 g/mol. The fourth-order valence-electron chi connectivity index (χ4n) is 4.44. The maximum atomic E-state index is 12.7. The third kappa shape index (κ3) is 3.67. The van der Waals surface area contributed by atoms with Gasteiger partial charge in [-0.05, 0) is 59.4 Å². The quantitative estimate of drug-likeness (QED) is 0.770. The molecule has 2 heterocycles. The molecular formula is C20H30N2O3S. The molecule has 0 bridgehead atoms. The van der Waals surface area contributed by atoms with Crippen molar-refractivity contribution in [3.8, 4) is 0 Å². The van der Waals surface area contributed by atoms with Gasteiger partial charge in [-0.2, -0.15) is 0 Å². The van der Waals surface area contributed by atoms with Gasteiger partial charge >= 0.3 is 5.97 Å². The maximum Gasteiger partial charge on any atom is 0.341 e. The Labute approximate surface area is 159 Å². The topological polar surface area (TPSA) is 67.4 Å². The summed E-state index contributed by atoms with van der Waals surface area (Å²) in [6.07, 6.45) is 4.82. The van der Waals surface area contributed by atoms with Crippen LogP contribution in [0.15, 0.2) is 0 Å². The van der Waals surface area contributed by atoms with Crippen LogP contribution in [0.3, 0.4) is 0 Å². The van der Waals surface area contributed by atoms with Gasteiger partial charge in [0.2, 0.25) is 5.91 Å². The van der Waals surface area contributed by atoms with E-state index in [4.69, 9.17) is 4.74 Å². The zero-order chi connectivity index (χ0) is 19.1. The van der Waals surface area contributed by atoms with Gasteiger partial charge < -0.3 is 15.4 Å². The number of carbonyl (C=O) groups is 2. The lowest BCUT2D eigenvalue weighted by Crippen LogP contribution is -2.55. The van der Waals surface area contributed by atoms with E-state index in [-0.39, 0.29) is 28.9 Å². The summed E-state index contributed by atoms with van der Waals surface area (Å²) in [6, 6.07) is 0. The Hall–Kier alpha value is -1.40. The van der Waals surface area contributed by atoms with Gasteiger partial charge in [0.25, 0.3) is 0 Å². The van der Waals surface area contributed by atoms with Crippen molar-refractivity contribution in [2.24, 2.45) is 5.92 Å². The summed E-state index contributed by atoms with van der Waals surface area (Å²) in [5.74, 6) is -0.233. The number of fused-ring (bicyclic) bond motifs is 1. The molecule has 0 spiro atoms. The Morgan fingerprint density at radius 1 is 1.23 bits per heavy atom. The minimum absolute atomic E-state index is 0.0386. The molecule has 1 amide bonds. The van der Waals surface area contributed by atoms with Gasteiger partial charge in [-0.1, -0.05) is 12.8 Å². The number of amides is 1. The summed E-state index contributed by atoms with van der Waals surface area (Å²) in [6.45, 7) is 10.7. The van der Waals surface area contributed by atoms with Crippen molar-refractivity contribution in [3.05, 3.63) is 16.0 Å². The van der Waals surface area contributed by atoms with E-state index in [2.05, 4.69) is 38.3 Å². The van der Waals surface area contributed by atoms with Crippen LogP contribution in [0.2, 0.25) is 0 Å². The van der Waals surface area contributed by atoms with Crippen LogP contribution in [0.5, 0.6) is 0 Å². The van der Waals surface area contributed by atoms with Gasteiger partial charge in [0.1, 0.15) is 5.00 Å². The van der Waals surface area contributed by atoms with E-state index < -0.39 is 0 Å². The first kappa shape index (κ1) is 19.4. The van der Waals surface area contributed by atoms with E-state index >= 15 is 0 Å². The van der Waals surface area contributed by atoms with E-state index in [1.54, 1.807) is 0 Å². The number of nitrogens with one attached hydrogen (secondary N) is 2. The van der Waals surface area contributed by atoms with Crippen molar-refractivity contribution in [2.75, 3.05) is 11.9 Å². The Balaban J connectivity index is 2.02. The van der Waals surface area contributed by atoms with Crippen LogP contribution < -0.4 is 10.6 Å². The zero-order valence-electron chi connectivity index (χ0n) is 16.5. The van der Waals surface area contributed by atoms with Crippen molar-refractivity contribution in [2.45, 2.75) is 77.8 Å². The molecule has 0 atom stereocenters. The first-order chi connectivity index (χ1) is 12.1. The molecule has 144 valence electrons. The Morgan fingerprint density at radius 3 is 2.50 bits per heavy atom. The summed E-state index contributed by atoms with van der Waals surface area (Å²) < 4.78 is 5.33. The Morgan fingerprint density at radius 2 is 1.88 bits per heavy atom. The van der Waals surface area contributed by atoms with E-state index in [9.17, 15) is 9.59 Å². The molecule has 3 rings (SSSR count). The highest BCUT2D eigenvalue weighted by atomic mass is 32.1. The predicted octanol–water partition coefficient (Wildman–Crippen LogP) is 4.21. The van der Waals surface area contributed by atoms with Gasteiger partial charge in [0, 0.05) is 21.9 Å². The van der Waals surface area contributed by atoms with Crippen LogP contribution in [0.4, 0.5) is 5.00 Å². The van der Waals surface area contributed by atoms with Crippen LogP contribution in [0.1, 0.15) is 81.1 Å². The van der Waals surface area contributed by atoms with E-state index in [1.165, 1.54) is 11.3 Å². The molecule has 2 N–H and O–H groups in total. The highest BCUT2D eigenvalue weighted by Gasteiger charge is 2.42. The van der Waals surface area contributed by atoms with Crippen LogP contribution in [0, 0.1) is 5.92 Å². The lowest BCUT2D eigenvalue weighted by molar-refractivity contribution is -0.119. The average Bonchev–Trinajstić information content (AvgIpc) is 3.13. The molecule has 0 aromatic carbocycles. The molecule has 26 heavy (non-hydrogen) atoms. The molecule has 5 nitrogen and oxygen atoms in total. The lowest BCUT2D eigenvalue weighted by atomic mass is 9.81. The minimum atomic E-state index is -0.333. The molecule has 1 aliphatic carbocycles. The van der Waals surface area contributed by atoms with Crippen molar-refractivity contribution in [1.82, 2.24) is 5.32 Å². The molecule has 6 heteroatoms. The van der Waals surface area contributed by atoms with Gasteiger partial charge in [0.05, 0.1) is 12.2 Å². The number of hydrogen-bond donors (Lipinski definition) is 2. The number of esters is 1. The van der Waals surface area contributed by atoms with E-state index in [0.29, 0.717) is 17.2 Å². The van der Waals surface area contributed by atoms with Crippen molar-refractivity contribution >= 4 is 28.2 Å². The largest absolute Gasteiger partial charge is 0.462 e. The van der Waals surface area contributed by atoms with Crippen molar-refractivity contribution < 1.29 is 14.3 Å². The first-order valence-corrected chi connectivity index (χ1v) is 10.4. The van der Waals surface area contributed by atoms with Crippen molar-refractivity contribution in [3.63, 3.8) is 0 Å². The number of ether oxygens (including phenoxy) is 1. The molecule has 2 aliphatic rings. The molecule has 1 aromatic rings. The molecule has 0 saturated heterocycles. The Kier molecular flexibility index (Phi) is 5.19. The van der Waals surface area contributed by atoms with Gasteiger partial charge in [-0.3, -0.25) is 4.79 Å². The fourth-order valence-corrected chi connectivity index (χ4v) is 5.70. The highest BCUT2D eigenvalue weighted by molar-refractivity contribution is 7.17. The van der Waals surface area contributed by atoms with E-state index in [1.807, 2.05) is 6.92 Å². The summed E-state index contributed by atoms with van der Waals surface area (Å²) in [7, 11) is 0. The number of thiophene rings is 1. The van der Waals surface area contributed by atoms with Gasteiger partial charge in [-0.25, -0.2) is 4.79 Å². The standard InChI is InChI=1S/C20H30N2O3S/c1-6-25-18(24)14-13-11-19(2,3)22-20(4,5)15(13)26-17(14)21-16(23)12-9-7-8-10-12/h12,22H,6-11H2,1-5H3,(H,21,23).